The summed E-state index contributed by atoms with van der Waals surface area (Å²) in [5.41, 5.74) is 1.37. The number of benzene rings is 1. The fraction of sp³-hybridized carbons (Fsp3) is 0.533. The molecule has 0 aliphatic heterocycles. The fourth-order valence-corrected chi connectivity index (χ4v) is 1.88. The van der Waals surface area contributed by atoms with Crippen molar-refractivity contribution in [2.24, 2.45) is 5.41 Å². The molecule has 0 radical (unpaired) electrons. The minimum absolute atomic E-state index is 0.162. The summed E-state index contributed by atoms with van der Waals surface area (Å²) in [7, 11) is 1.42. The van der Waals surface area contributed by atoms with Gasteiger partial charge in [0.15, 0.2) is 0 Å². The third kappa shape index (κ3) is 3.56. The number of halogens is 1. The number of hydrogen-bond donors (Lipinski definition) is 0. The van der Waals surface area contributed by atoms with E-state index in [-0.39, 0.29) is 5.97 Å². The summed E-state index contributed by atoms with van der Waals surface area (Å²) in [6.45, 7) is 3.48. The normalized spacial score (nSPS) is 14.0. The third-order valence-corrected chi connectivity index (χ3v) is 3.60. The second-order valence-electron chi connectivity index (χ2n) is 4.86. The lowest BCUT2D eigenvalue weighted by atomic mass is 9.81. The standard InChI is InChI=1S/C15H21FO2/c1-4-15(2,14(17)18-3)10-9-12-5-7-13(11-16)8-6-12/h5-8H,4,9-11H2,1-3H3. The second-order valence-corrected chi connectivity index (χ2v) is 4.86. The minimum Gasteiger partial charge on any atom is -0.469 e. The SMILES string of the molecule is CCC(C)(CCc1ccc(CF)cc1)C(=O)OC. The van der Waals surface area contributed by atoms with Crippen LogP contribution in [-0.4, -0.2) is 13.1 Å². The van der Waals surface area contributed by atoms with Gasteiger partial charge < -0.3 is 4.74 Å². The van der Waals surface area contributed by atoms with E-state index >= 15 is 0 Å². The van der Waals surface area contributed by atoms with Crippen LogP contribution in [0.4, 0.5) is 4.39 Å². The van der Waals surface area contributed by atoms with Gasteiger partial charge in [0.1, 0.15) is 6.67 Å². The number of carbonyl (C=O) groups is 1. The Morgan fingerprint density at radius 3 is 2.28 bits per heavy atom. The maximum atomic E-state index is 12.4. The number of carbonyl (C=O) groups excluding carboxylic acids is 1. The van der Waals surface area contributed by atoms with E-state index in [9.17, 15) is 9.18 Å². The summed E-state index contributed by atoms with van der Waals surface area (Å²) in [6.07, 6.45) is 2.29. The molecule has 0 saturated heterocycles. The number of esters is 1. The average Bonchev–Trinajstić information content (AvgIpc) is 2.44. The summed E-state index contributed by atoms with van der Waals surface area (Å²) >= 11 is 0. The van der Waals surface area contributed by atoms with Crippen molar-refractivity contribution in [3.63, 3.8) is 0 Å². The Bertz CT molecular complexity index is 386. The van der Waals surface area contributed by atoms with Gasteiger partial charge in [0.2, 0.25) is 0 Å². The molecule has 0 heterocycles. The number of rotatable bonds is 6. The molecule has 0 aromatic heterocycles. The molecule has 1 unspecified atom stereocenters. The van der Waals surface area contributed by atoms with Crippen molar-refractivity contribution in [2.45, 2.75) is 39.8 Å². The highest BCUT2D eigenvalue weighted by Gasteiger charge is 2.31. The van der Waals surface area contributed by atoms with Gasteiger partial charge in [-0.3, -0.25) is 4.79 Å². The van der Waals surface area contributed by atoms with Crippen LogP contribution in [-0.2, 0) is 22.6 Å². The number of hydrogen-bond acceptors (Lipinski definition) is 2. The monoisotopic (exact) mass is 252 g/mol. The van der Waals surface area contributed by atoms with E-state index in [0.29, 0.717) is 5.56 Å². The lowest BCUT2D eigenvalue weighted by Gasteiger charge is -2.24. The molecule has 3 heteroatoms. The lowest BCUT2D eigenvalue weighted by Crippen LogP contribution is -2.29. The van der Waals surface area contributed by atoms with E-state index in [0.717, 1.165) is 24.8 Å². The number of aryl methyl sites for hydroxylation is 1. The fourth-order valence-electron chi connectivity index (χ4n) is 1.88. The minimum atomic E-state index is -0.437. The molecule has 1 aromatic rings. The Morgan fingerprint density at radius 1 is 1.28 bits per heavy atom. The average molecular weight is 252 g/mol. The first kappa shape index (κ1) is 14.7. The van der Waals surface area contributed by atoms with Gasteiger partial charge in [-0.05, 0) is 37.3 Å². The molecule has 0 fully saturated rings. The Labute approximate surface area is 108 Å². The first-order valence-corrected chi connectivity index (χ1v) is 6.28. The molecule has 0 aliphatic rings. The molecule has 18 heavy (non-hydrogen) atoms. The Morgan fingerprint density at radius 2 is 1.83 bits per heavy atom. The summed E-state index contributed by atoms with van der Waals surface area (Å²) in [5.74, 6) is -0.162. The Hall–Kier alpha value is -1.38. The van der Waals surface area contributed by atoms with Crippen molar-refractivity contribution in [2.75, 3.05) is 7.11 Å². The van der Waals surface area contributed by atoms with Gasteiger partial charge in [-0.25, -0.2) is 4.39 Å². The van der Waals surface area contributed by atoms with E-state index in [1.54, 1.807) is 12.1 Å². The molecule has 0 N–H and O–H groups in total. The van der Waals surface area contributed by atoms with Gasteiger partial charge >= 0.3 is 5.97 Å². The van der Waals surface area contributed by atoms with Crippen LogP contribution < -0.4 is 0 Å². The van der Waals surface area contributed by atoms with Crippen molar-refractivity contribution in [3.8, 4) is 0 Å². The van der Waals surface area contributed by atoms with Crippen LogP contribution >= 0.6 is 0 Å². The smallest absolute Gasteiger partial charge is 0.311 e. The van der Waals surface area contributed by atoms with Crippen LogP contribution in [0.25, 0.3) is 0 Å². The van der Waals surface area contributed by atoms with Gasteiger partial charge in [-0.1, -0.05) is 31.2 Å². The molecule has 100 valence electrons. The van der Waals surface area contributed by atoms with Crippen molar-refractivity contribution in [3.05, 3.63) is 35.4 Å². The van der Waals surface area contributed by atoms with E-state index in [1.807, 2.05) is 26.0 Å². The van der Waals surface area contributed by atoms with Crippen LogP contribution in [0, 0.1) is 5.41 Å². The molecule has 1 rings (SSSR count). The number of methoxy groups -OCH3 is 1. The van der Waals surface area contributed by atoms with Crippen molar-refractivity contribution in [1.29, 1.82) is 0 Å². The molecule has 0 amide bonds. The maximum absolute atomic E-state index is 12.4. The van der Waals surface area contributed by atoms with Crippen LogP contribution in [0.2, 0.25) is 0 Å². The number of alkyl halides is 1. The quantitative estimate of drug-likeness (QED) is 0.722. The van der Waals surface area contributed by atoms with Crippen LogP contribution in [0.3, 0.4) is 0 Å². The Balaban J connectivity index is 2.64. The van der Waals surface area contributed by atoms with Gasteiger partial charge in [-0.15, -0.1) is 0 Å². The number of ether oxygens (including phenoxy) is 1. The third-order valence-electron chi connectivity index (χ3n) is 3.60. The Kier molecular flexibility index (Phi) is 5.32. The van der Waals surface area contributed by atoms with Crippen LogP contribution in [0.1, 0.15) is 37.8 Å². The predicted octanol–water partition coefficient (Wildman–Crippen LogP) is 3.68. The largest absolute Gasteiger partial charge is 0.469 e. The molecule has 1 aromatic carbocycles. The van der Waals surface area contributed by atoms with Gasteiger partial charge in [0, 0.05) is 0 Å². The van der Waals surface area contributed by atoms with E-state index in [4.69, 9.17) is 4.74 Å². The zero-order chi connectivity index (χ0) is 13.6. The van der Waals surface area contributed by atoms with Gasteiger partial charge in [0.25, 0.3) is 0 Å². The summed E-state index contributed by atoms with van der Waals surface area (Å²) in [5, 5.41) is 0. The predicted molar refractivity (Wildman–Crippen MR) is 70.0 cm³/mol. The first-order valence-electron chi connectivity index (χ1n) is 6.28. The molecule has 0 aliphatic carbocycles. The highest BCUT2D eigenvalue weighted by Crippen LogP contribution is 2.29. The lowest BCUT2D eigenvalue weighted by molar-refractivity contribution is -0.152. The van der Waals surface area contributed by atoms with Crippen molar-refractivity contribution < 1.29 is 13.9 Å². The van der Waals surface area contributed by atoms with Crippen LogP contribution in [0.5, 0.6) is 0 Å². The van der Waals surface area contributed by atoms with Gasteiger partial charge in [0.05, 0.1) is 12.5 Å². The molecular formula is C15H21FO2. The zero-order valence-electron chi connectivity index (χ0n) is 11.3. The van der Waals surface area contributed by atoms with E-state index in [1.165, 1.54) is 7.11 Å². The molecule has 0 bridgehead atoms. The summed E-state index contributed by atoms with van der Waals surface area (Å²) < 4.78 is 17.2. The molecular weight excluding hydrogens is 231 g/mol. The van der Waals surface area contributed by atoms with Crippen molar-refractivity contribution in [1.82, 2.24) is 0 Å². The highest BCUT2D eigenvalue weighted by molar-refractivity contribution is 5.76. The first-order chi connectivity index (χ1) is 8.55. The topological polar surface area (TPSA) is 26.3 Å². The second kappa shape index (κ2) is 6.53. The highest BCUT2D eigenvalue weighted by atomic mass is 19.1. The molecule has 0 saturated carbocycles. The maximum Gasteiger partial charge on any atom is 0.311 e. The summed E-state index contributed by atoms with van der Waals surface area (Å²) in [6, 6.07) is 7.41. The van der Waals surface area contributed by atoms with Crippen molar-refractivity contribution >= 4 is 5.97 Å². The zero-order valence-corrected chi connectivity index (χ0v) is 11.3. The van der Waals surface area contributed by atoms with Gasteiger partial charge in [-0.2, -0.15) is 0 Å². The van der Waals surface area contributed by atoms with Crippen LogP contribution in [0.15, 0.2) is 24.3 Å². The molecule has 0 spiro atoms. The summed E-state index contributed by atoms with van der Waals surface area (Å²) in [4.78, 5) is 11.7. The van der Waals surface area contributed by atoms with E-state index < -0.39 is 12.1 Å². The molecule has 2 nitrogen and oxygen atoms in total. The van der Waals surface area contributed by atoms with E-state index in [2.05, 4.69) is 0 Å². The molecule has 1 atom stereocenters.